The predicted molar refractivity (Wildman–Crippen MR) is 142 cm³/mol. The van der Waals surface area contributed by atoms with E-state index in [1.165, 1.54) is 16.7 Å². The summed E-state index contributed by atoms with van der Waals surface area (Å²) >= 11 is 1.88. The van der Waals surface area contributed by atoms with E-state index in [4.69, 9.17) is 4.74 Å². The third-order valence-corrected chi connectivity index (χ3v) is 6.88. The predicted octanol–water partition coefficient (Wildman–Crippen LogP) is 6.75. The second-order valence-corrected chi connectivity index (χ2v) is 10.5. The number of esters is 1. The first-order valence-corrected chi connectivity index (χ1v) is 12.7. The van der Waals surface area contributed by atoms with Crippen molar-refractivity contribution in [3.05, 3.63) is 120 Å². The van der Waals surface area contributed by atoms with E-state index >= 15 is 0 Å². The van der Waals surface area contributed by atoms with Crippen LogP contribution in [0.3, 0.4) is 0 Å². The second kappa shape index (κ2) is 12.0. The molecule has 0 saturated heterocycles. The number of benzene rings is 3. The number of aliphatic hydroxyl groups excluding tert-OH is 1. The summed E-state index contributed by atoms with van der Waals surface area (Å²) in [7, 11) is 0. The Balaban J connectivity index is 1.77. The summed E-state index contributed by atoms with van der Waals surface area (Å²) in [5.74, 6) is 0.448. The normalized spacial score (nSPS) is 13.1. The largest absolute Gasteiger partial charge is 0.460 e. The third-order valence-electron chi connectivity index (χ3n) is 5.30. The highest BCUT2D eigenvalue weighted by molar-refractivity contribution is 8.00. The quantitative estimate of drug-likeness (QED) is 0.153. The highest BCUT2D eigenvalue weighted by Crippen LogP contribution is 2.48. The van der Waals surface area contributed by atoms with Crippen molar-refractivity contribution in [3.8, 4) is 0 Å². The van der Waals surface area contributed by atoms with Crippen LogP contribution in [0.25, 0.3) is 0 Å². The molecule has 178 valence electrons. The molecule has 0 aliphatic carbocycles. The molecule has 0 bridgehead atoms. The minimum absolute atomic E-state index is 0.0388. The van der Waals surface area contributed by atoms with Gasteiger partial charge < -0.3 is 9.84 Å². The lowest BCUT2D eigenvalue weighted by atomic mass is 9.84. The fourth-order valence-corrected chi connectivity index (χ4v) is 5.39. The SMILES string of the molecule is CC(C)(C)OC(=O)C[C@H](O)C=CCCSC(c1ccccc1)(c1ccccc1)c1ccccc1. The van der Waals surface area contributed by atoms with E-state index < -0.39 is 17.7 Å². The van der Waals surface area contributed by atoms with E-state index in [0.717, 1.165) is 12.2 Å². The van der Waals surface area contributed by atoms with Gasteiger partial charge in [0.05, 0.1) is 17.3 Å². The zero-order valence-corrected chi connectivity index (χ0v) is 21.0. The molecule has 0 unspecified atom stereocenters. The number of hydrogen-bond acceptors (Lipinski definition) is 4. The first-order chi connectivity index (χ1) is 16.3. The fourth-order valence-electron chi connectivity index (χ4n) is 3.92. The van der Waals surface area contributed by atoms with Crippen LogP contribution in [0.4, 0.5) is 0 Å². The van der Waals surface area contributed by atoms with E-state index in [1.54, 1.807) is 6.08 Å². The molecule has 0 saturated carbocycles. The van der Waals surface area contributed by atoms with Gasteiger partial charge >= 0.3 is 5.97 Å². The standard InChI is InChI=1S/C30H34O3S/c1-29(2,3)33-28(32)23-27(31)21-13-14-22-34-30(24-15-7-4-8-16-24,25-17-9-5-10-18-25)26-19-11-6-12-20-26/h4-13,15-21,27,31H,14,22-23H2,1-3H3/t27-/m1/s1. The molecule has 3 rings (SSSR count). The van der Waals surface area contributed by atoms with Crippen LogP contribution in [0, 0.1) is 0 Å². The third kappa shape index (κ3) is 7.09. The maximum Gasteiger partial charge on any atom is 0.309 e. The van der Waals surface area contributed by atoms with Gasteiger partial charge in [0.15, 0.2) is 0 Å². The monoisotopic (exact) mass is 474 g/mol. The van der Waals surface area contributed by atoms with Gasteiger partial charge in [-0.1, -0.05) is 103 Å². The van der Waals surface area contributed by atoms with E-state index in [2.05, 4.69) is 72.8 Å². The number of carbonyl (C=O) groups is 1. The average Bonchev–Trinajstić information content (AvgIpc) is 2.82. The van der Waals surface area contributed by atoms with Crippen molar-refractivity contribution >= 4 is 17.7 Å². The van der Waals surface area contributed by atoms with Crippen LogP contribution in [0.1, 0.15) is 50.3 Å². The van der Waals surface area contributed by atoms with Gasteiger partial charge in [0.2, 0.25) is 0 Å². The molecule has 0 aromatic heterocycles. The molecule has 3 nitrogen and oxygen atoms in total. The highest BCUT2D eigenvalue weighted by atomic mass is 32.2. The van der Waals surface area contributed by atoms with Crippen molar-refractivity contribution in [3.63, 3.8) is 0 Å². The molecule has 3 aromatic rings. The Kier molecular flexibility index (Phi) is 9.14. The smallest absolute Gasteiger partial charge is 0.309 e. The highest BCUT2D eigenvalue weighted by Gasteiger charge is 2.36. The molecule has 0 amide bonds. The van der Waals surface area contributed by atoms with Crippen LogP contribution in [-0.4, -0.2) is 28.5 Å². The number of allylic oxidation sites excluding steroid dienone is 1. The molecule has 0 fully saturated rings. The molecule has 34 heavy (non-hydrogen) atoms. The molecule has 0 radical (unpaired) electrons. The molecular formula is C30H34O3S. The van der Waals surface area contributed by atoms with Gasteiger partial charge in [-0.15, -0.1) is 11.8 Å². The maximum absolute atomic E-state index is 11.9. The second-order valence-electron chi connectivity index (χ2n) is 9.20. The van der Waals surface area contributed by atoms with Crippen LogP contribution in [0.5, 0.6) is 0 Å². The number of thioether (sulfide) groups is 1. The van der Waals surface area contributed by atoms with Crippen LogP contribution < -0.4 is 0 Å². The topological polar surface area (TPSA) is 46.5 Å². The Morgan fingerprint density at radius 1 is 0.853 bits per heavy atom. The lowest BCUT2D eigenvalue weighted by Gasteiger charge is -2.35. The van der Waals surface area contributed by atoms with Crippen LogP contribution in [0.15, 0.2) is 103 Å². The molecule has 1 N–H and O–H groups in total. The summed E-state index contributed by atoms with van der Waals surface area (Å²) in [6, 6.07) is 31.8. The Morgan fingerprint density at radius 2 is 1.29 bits per heavy atom. The molecule has 0 heterocycles. The molecule has 0 spiro atoms. The van der Waals surface area contributed by atoms with Crippen LogP contribution >= 0.6 is 11.8 Å². The van der Waals surface area contributed by atoms with E-state index in [-0.39, 0.29) is 11.2 Å². The van der Waals surface area contributed by atoms with Gasteiger partial charge in [-0.3, -0.25) is 4.79 Å². The summed E-state index contributed by atoms with van der Waals surface area (Å²) < 4.78 is 4.94. The molecule has 4 heteroatoms. The Morgan fingerprint density at radius 3 is 1.71 bits per heavy atom. The average molecular weight is 475 g/mol. The van der Waals surface area contributed by atoms with E-state index in [0.29, 0.717) is 0 Å². The first kappa shape index (κ1) is 25.8. The molecule has 1 atom stereocenters. The minimum atomic E-state index is -0.845. The Bertz CT molecular complexity index is 944. The summed E-state index contributed by atoms with van der Waals surface area (Å²) in [5.41, 5.74) is 3.14. The molecule has 0 aliphatic heterocycles. The lowest BCUT2D eigenvalue weighted by Crippen LogP contribution is -2.26. The number of carbonyl (C=O) groups excluding carboxylic acids is 1. The van der Waals surface area contributed by atoms with Gasteiger partial charge in [-0.2, -0.15) is 0 Å². The van der Waals surface area contributed by atoms with Gasteiger partial charge in [0, 0.05) is 0 Å². The van der Waals surface area contributed by atoms with Crippen LogP contribution in [-0.2, 0) is 14.3 Å². The number of rotatable bonds is 10. The molecule has 0 aliphatic rings. The number of hydrogen-bond donors (Lipinski definition) is 1. The van der Waals surface area contributed by atoms with Crippen LogP contribution in [0.2, 0.25) is 0 Å². The van der Waals surface area contributed by atoms with Gasteiger partial charge in [-0.25, -0.2) is 0 Å². The van der Waals surface area contributed by atoms with Crippen molar-refractivity contribution in [2.75, 3.05) is 5.75 Å². The van der Waals surface area contributed by atoms with Crippen molar-refractivity contribution in [1.82, 2.24) is 0 Å². The number of ether oxygens (including phenoxy) is 1. The minimum Gasteiger partial charge on any atom is -0.460 e. The van der Waals surface area contributed by atoms with Crippen molar-refractivity contribution < 1.29 is 14.6 Å². The van der Waals surface area contributed by atoms with Crippen molar-refractivity contribution in [2.24, 2.45) is 0 Å². The van der Waals surface area contributed by atoms with E-state index in [1.807, 2.05) is 56.8 Å². The van der Waals surface area contributed by atoms with Gasteiger partial charge in [0.1, 0.15) is 5.60 Å². The van der Waals surface area contributed by atoms with Crippen molar-refractivity contribution in [2.45, 2.75) is 50.1 Å². The zero-order valence-electron chi connectivity index (χ0n) is 20.2. The first-order valence-electron chi connectivity index (χ1n) is 11.7. The van der Waals surface area contributed by atoms with Gasteiger partial charge in [0.25, 0.3) is 0 Å². The summed E-state index contributed by atoms with van der Waals surface area (Å²) in [6.45, 7) is 5.47. The summed E-state index contributed by atoms with van der Waals surface area (Å²) in [6.07, 6.45) is 3.53. The Hall–Kier alpha value is -2.82. The van der Waals surface area contributed by atoms with E-state index in [9.17, 15) is 9.90 Å². The summed E-state index contributed by atoms with van der Waals surface area (Å²) in [4.78, 5) is 11.9. The van der Waals surface area contributed by atoms with Gasteiger partial charge in [-0.05, 0) is 49.6 Å². The fraction of sp³-hybridized carbons (Fsp3) is 0.300. The maximum atomic E-state index is 11.9. The Labute approximate surface area is 207 Å². The summed E-state index contributed by atoms with van der Waals surface area (Å²) in [5, 5.41) is 10.2. The number of aliphatic hydroxyl groups is 1. The lowest BCUT2D eigenvalue weighted by molar-refractivity contribution is -0.156. The molecule has 3 aromatic carbocycles. The van der Waals surface area contributed by atoms with Crippen molar-refractivity contribution in [1.29, 1.82) is 0 Å². The zero-order chi connectivity index (χ0) is 24.4. The molecular weight excluding hydrogens is 440 g/mol.